The standard InChI is InChI=1S/C9H19NO2/c1-9(2,3)7(10)5-6-8(11)12-4/h7H,5-6,10H2,1-4H3/t7-/m1/s1. The molecule has 0 unspecified atom stereocenters. The van der Waals surface area contributed by atoms with Crippen molar-refractivity contribution in [1.29, 1.82) is 0 Å². The zero-order chi connectivity index (χ0) is 9.78. The van der Waals surface area contributed by atoms with Crippen molar-refractivity contribution in [3.63, 3.8) is 0 Å². The summed E-state index contributed by atoms with van der Waals surface area (Å²) in [5.41, 5.74) is 5.91. The van der Waals surface area contributed by atoms with Crippen LogP contribution >= 0.6 is 0 Å². The van der Waals surface area contributed by atoms with Crippen LogP contribution in [0.2, 0.25) is 0 Å². The van der Waals surface area contributed by atoms with E-state index in [9.17, 15) is 4.79 Å². The van der Waals surface area contributed by atoms with E-state index in [0.29, 0.717) is 12.8 Å². The summed E-state index contributed by atoms with van der Waals surface area (Å²) in [5.74, 6) is -0.185. The van der Waals surface area contributed by atoms with Crippen molar-refractivity contribution in [2.75, 3.05) is 7.11 Å². The van der Waals surface area contributed by atoms with E-state index in [4.69, 9.17) is 5.73 Å². The number of methoxy groups -OCH3 is 1. The third-order valence-electron chi connectivity index (χ3n) is 2.00. The van der Waals surface area contributed by atoms with Crippen molar-refractivity contribution in [3.8, 4) is 0 Å². The maximum atomic E-state index is 10.8. The van der Waals surface area contributed by atoms with Crippen LogP contribution in [0.4, 0.5) is 0 Å². The number of nitrogens with two attached hydrogens (primary N) is 1. The molecule has 0 aliphatic carbocycles. The minimum atomic E-state index is -0.185. The summed E-state index contributed by atoms with van der Waals surface area (Å²) >= 11 is 0. The molecule has 0 aliphatic rings. The maximum absolute atomic E-state index is 10.8. The van der Waals surface area contributed by atoms with Crippen LogP contribution in [0.3, 0.4) is 0 Å². The zero-order valence-corrected chi connectivity index (χ0v) is 8.39. The molecule has 0 amide bonds. The molecule has 0 heterocycles. The van der Waals surface area contributed by atoms with Crippen molar-refractivity contribution < 1.29 is 9.53 Å². The van der Waals surface area contributed by atoms with Crippen molar-refractivity contribution >= 4 is 5.97 Å². The Hall–Kier alpha value is -0.570. The minimum absolute atomic E-state index is 0.0524. The first-order chi connectivity index (χ1) is 5.38. The van der Waals surface area contributed by atoms with Crippen LogP contribution in [0.5, 0.6) is 0 Å². The van der Waals surface area contributed by atoms with Crippen molar-refractivity contribution in [1.82, 2.24) is 0 Å². The van der Waals surface area contributed by atoms with Gasteiger partial charge in [0.2, 0.25) is 0 Å². The normalized spacial score (nSPS) is 14.1. The van der Waals surface area contributed by atoms with Crippen LogP contribution in [0.25, 0.3) is 0 Å². The van der Waals surface area contributed by atoms with Gasteiger partial charge in [0.15, 0.2) is 0 Å². The third-order valence-corrected chi connectivity index (χ3v) is 2.00. The number of ether oxygens (including phenoxy) is 1. The molecule has 0 aromatic rings. The van der Waals surface area contributed by atoms with Gasteiger partial charge in [0.1, 0.15) is 0 Å². The molecule has 0 saturated heterocycles. The average molecular weight is 173 g/mol. The van der Waals surface area contributed by atoms with Crippen LogP contribution in [0.1, 0.15) is 33.6 Å². The molecule has 0 rings (SSSR count). The van der Waals surface area contributed by atoms with Crippen molar-refractivity contribution in [2.45, 2.75) is 39.7 Å². The molecular formula is C9H19NO2. The molecule has 1 atom stereocenters. The number of esters is 1. The molecule has 0 bridgehead atoms. The van der Waals surface area contributed by atoms with Gasteiger partial charge in [-0.25, -0.2) is 0 Å². The van der Waals surface area contributed by atoms with E-state index in [1.807, 2.05) is 0 Å². The summed E-state index contributed by atoms with van der Waals surface area (Å²) in [6.07, 6.45) is 1.10. The Morgan fingerprint density at radius 2 is 2.00 bits per heavy atom. The SMILES string of the molecule is COC(=O)CC[C@@H](N)C(C)(C)C. The molecule has 0 spiro atoms. The number of hydrogen-bond donors (Lipinski definition) is 1. The van der Waals surface area contributed by atoms with Gasteiger partial charge < -0.3 is 10.5 Å². The van der Waals surface area contributed by atoms with Gasteiger partial charge in [0.25, 0.3) is 0 Å². The molecular weight excluding hydrogens is 154 g/mol. The van der Waals surface area contributed by atoms with Gasteiger partial charge >= 0.3 is 5.97 Å². The van der Waals surface area contributed by atoms with Gasteiger partial charge in [-0.1, -0.05) is 20.8 Å². The van der Waals surface area contributed by atoms with E-state index in [-0.39, 0.29) is 17.4 Å². The fourth-order valence-electron chi connectivity index (χ4n) is 0.808. The molecule has 3 heteroatoms. The van der Waals surface area contributed by atoms with Gasteiger partial charge in [-0.2, -0.15) is 0 Å². The Morgan fingerprint density at radius 1 is 1.50 bits per heavy atom. The molecule has 0 fully saturated rings. The van der Waals surface area contributed by atoms with Crippen LogP contribution < -0.4 is 5.73 Å². The predicted molar refractivity (Wildman–Crippen MR) is 48.7 cm³/mol. The monoisotopic (exact) mass is 173 g/mol. The summed E-state index contributed by atoms with van der Waals surface area (Å²) in [4.78, 5) is 10.8. The van der Waals surface area contributed by atoms with E-state index in [1.54, 1.807) is 0 Å². The van der Waals surface area contributed by atoms with Crippen LogP contribution in [-0.2, 0) is 9.53 Å². The first-order valence-corrected chi connectivity index (χ1v) is 4.20. The number of hydrogen-bond acceptors (Lipinski definition) is 3. The molecule has 2 N–H and O–H groups in total. The lowest BCUT2D eigenvalue weighted by Gasteiger charge is -2.26. The second kappa shape index (κ2) is 4.45. The number of carbonyl (C=O) groups excluding carboxylic acids is 1. The molecule has 0 aromatic carbocycles. The molecule has 0 aromatic heterocycles. The van der Waals surface area contributed by atoms with E-state index < -0.39 is 0 Å². The summed E-state index contributed by atoms with van der Waals surface area (Å²) in [5, 5.41) is 0. The van der Waals surface area contributed by atoms with Crippen LogP contribution in [-0.4, -0.2) is 19.1 Å². The van der Waals surface area contributed by atoms with E-state index in [1.165, 1.54) is 7.11 Å². The van der Waals surface area contributed by atoms with Gasteiger partial charge in [-0.05, 0) is 11.8 Å². The molecule has 0 radical (unpaired) electrons. The highest BCUT2D eigenvalue weighted by molar-refractivity contribution is 5.69. The smallest absolute Gasteiger partial charge is 0.305 e. The van der Waals surface area contributed by atoms with E-state index in [0.717, 1.165) is 0 Å². The van der Waals surface area contributed by atoms with E-state index >= 15 is 0 Å². The Labute approximate surface area is 74.3 Å². The minimum Gasteiger partial charge on any atom is -0.469 e. The molecule has 0 saturated carbocycles. The van der Waals surface area contributed by atoms with Gasteiger partial charge in [0, 0.05) is 12.5 Å². The summed E-state index contributed by atoms with van der Waals surface area (Å²) in [6, 6.07) is 0.0524. The molecule has 0 aliphatic heterocycles. The highest BCUT2D eigenvalue weighted by Gasteiger charge is 2.20. The maximum Gasteiger partial charge on any atom is 0.305 e. The topological polar surface area (TPSA) is 52.3 Å². The van der Waals surface area contributed by atoms with Crippen LogP contribution in [0.15, 0.2) is 0 Å². The highest BCUT2D eigenvalue weighted by Crippen LogP contribution is 2.20. The lowest BCUT2D eigenvalue weighted by molar-refractivity contribution is -0.140. The highest BCUT2D eigenvalue weighted by atomic mass is 16.5. The lowest BCUT2D eigenvalue weighted by atomic mass is 9.85. The second-order valence-electron chi connectivity index (χ2n) is 4.09. The zero-order valence-electron chi connectivity index (χ0n) is 8.39. The molecule has 3 nitrogen and oxygen atoms in total. The average Bonchev–Trinajstić information content (AvgIpc) is 1.97. The van der Waals surface area contributed by atoms with E-state index in [2.05, 4.69) is 25.5 Å². The fraction of sp³-hybridized carbons (Fsp3) is 0.889. The molecule has 72 valence electrons. The van der Waals surface area contributed by atoms with Gasteiger partial charge in [-0.15, -0.1) is 0 Å². The Balaban J connectivity index is 3.72. The Bertz CT molecular complexity index is 149. The first kappa shape index (κ1) is 11.4. The third kappa shape index (κ3) is 4.34. The largest absolute Gasteiger partial charge is 0.469 e. The second-order valence-corrected chi connectivity index (χ2v) is 4.09. The Morgan fingerprint density at radius 3 is 2.33 bits per heavy atom. The van der Waals surface area contributed by atoms with Crippen molar-refractivity contribution in [3.05, 3.63) is 0 Å². The quantitative estimate of drug-likeness (QED) is 0.655. The fourth-order valence-corrected chi connectivity index (χ4v) is 0.808. The lowest BCUT2D eigenvalue weighted by Crippen LogP contribution is -2.35. The number of rotatable bonds is 3. The first-order valence-electron chi connectivity index (χ1n) is 4.20. The van der Waals surface area contributed by atoms with Gasteiger partial charge in [0.05, 0.1) is 7.11 Å². The Kier molecular flexibility index (Phi) is 4.24. The number of carbonyl (C=O) groups is 1. The van der Waals surface area contributed by atoms with Crippen molar-refractivity contribution in [2.24, 2.45) is 11.1 Å². The van der Waals surface area contributed by atoms with Crippen LogP contribution in [0, 0.1) is 5.41 Å². The summed E-state index contributed by atoms with van der Waals surface area (Å²) < 4.78 is 4.52. The molecule has 12 heavy (non-hydrogen) atoms. The summed E-state index contributed by atoms with van der Waals surface area (Å²) in [7, 11) is 1.39. The van der Waals surface area contributed by atoms with Gasteiger partial charge in [-0.3, -0.25) is 4.79 Å². The summed E-state index contributed by atoms with van der Waals surface area (Å²) in [6.45, 7) is 6.19. The predicted octanol–water partition coefficient (Wildman–Crippen LogP) is 1.31.